The SMILES string of the molecule is O=C1c2cccn2C2CCC(c3ccc(O)cc3)CC12. The average Bonchev–Trinajstić information content (AvgIpc) is 3.04. The molecule has 2 heterocycles. The maximum atomic E-state index is 12.5. The van der Waals surface area contributed by atoms with Gasteiger partial charge in [-0.15, -0.1) is 0 Å². The molecule has 0 amide bonds. The lowest BCUT2D eigenvalue weighted by Crippen LogP contribution is -2.24. The lowest BCUT2D eigenvalue weighted by molar-refractivity contribution is 0.0880. The molecule has 0 radical (unpaired) electrons. The van der Waals surface area contributed by atoms with E-state index < -0.39 is 0 Å². The summed E-state index contributed by atoms with van der Waals surface area (Å²) in [6, 6.07) is 11.7. The molecule has 0 bridgehead atoms. The van der Waals surface area contributed by atoms with Crippen molar-refractivity contribution in [1.29, 1.82) is 0 Å². The maximum Gasteiger partial charge on any atom is 0.184 e. The van der Waals surface area contributed by atoms with E-state index in [0.717, 1.165) is 25.0 Å². The number of carbonyl (C=O) groups is 1. The summed E-state index contributed by atoms with van der Waals surface area (Å²) in [6.45, 7) is 0. The van der Waals surface area contributed by atoms with Crippen molar-refractivity contribution in [2.45, 2.75) is 31.2 Å². The zero-order valence-corrected chi connectivity index (χ0v) is 11.2. The highest BCUT2D eigenvalue weighted by molar-refractivity contribution is 5.99. The van der Waals surface area contributed by atoms with Crippen molar-refractivity contribution < 1.29 is 9.90 Å². The summed E-state index contributed by atoms with van der Waals surface area (Å²) in [7, 11) is 0. The molecule has 3 nitrogen and oxygen atoms in total. The van der Waals surface area contributed by atoms with Crippen LogP contribution in [0.15, 0.2) is 42.6 Å². The zero-order valence-electron chi connectivity index (χ0n) is 11.2. The molecule has 0 saturated heterocycles. The van der Waals surface area contributed by atoms with Gasteiger partial charge in [0.2, 0.25) is 0 Å². The first kappa shape index (κ1) is 11.8. The number of phenols is 1. The highest BCUT2D eigenvalue weighted by atomic mass is 16.3. The van der Waals surface area contributed by atoms with Crippen molar-refractivity contribution in [1.82, 2.24) is 4.57 Å². The number of rotatable bonds is 1. The van der Waals surface area contributed by atoms with Gasteiger partial charge in [-0.25, -0.2) is 0 Å². The van der Waals surface area contributed by atoms with Crippen LogP contribution >= 0.6 is 0 Å². The first-order valence-electron chi connectivity index (χ1n) is 7.24. The third kappa shape index (κ3) is 1.62. The number of hydrogen-bond acceptors (Lipinski definition) is 2. The molecule has 3 heteroatoms. The van der Waals surface area contributed by atoms with Gasteiger partial charge in [0.05, 0.1) is 5.69 Å². The van der Waals surface area contributed by atoms with E-state index >= 15 is 0 Å². The Morgan fingerprint density at radius 1 is 1.10 bits per heavy atom. The Morgan fingerprint density at radius 3 is 2.70 bits per heavy atom. The number of aromatic nitrogens is 1. The molecule has 1 aliphatic carbocycles. The second-order valence-electron chi connectivity index (χ2n) is 5.94. The summed E-state index contributed by atoms with van der Waals surface area (Å²) in [5, 5.41) is 9.38. The van der Waals surface area contributed by atoms with Gasteiger partial charge < -0.3 is 9.67 Å². The fourth-order valence-electron chi connectivity index (χ4n) is 3.90. The summed E-state index contributed by atoms with van der Waals surface area (Å²) in [5.74, 6) is 1.18. The number of nitrogens with zero attached hydrogens (tertiary/aromatic N) is 1. The summed E-state index contributed by atoms with van der Waals surface area (Å²) in [4.78, 5) is 12.5. The molecule has 20 heavy (non-hydrogen) atoms. The Morgan fingerprint density at radius 2 is 1.90 bits per heavy atom. The second-order valence-corrected chi connectivity index (χ2v) is 5.94. The number of ketones is 1. The number of hydrogen-bond donors (Lipinski definition) is 1. The molecule has 3 unspecified atom stereocenters. The molecule has 1 aromatic carbocycles. The first-order chi connectivity index (χ1) is 9.74. The topological polar surface area (TPSA) is 42.2 Å². The predicted octanol–water partition coefficient (Wildman–Crippen LogP) is 3.52. The van der Waals surface area contributed by atoms with E-state index in [1.54, 1.807) is 12.1 Å². The summed E-state index contributed by atoms with van der Waals surface area (Å²) in [5.41, 5.74) is 2.12. The van der Waals surface area contributed by atoms with Crippen LogP contribution in [0.4, 0.5) is 0 Å². The monoisotopic (exact) mass is 267 g/mol. The van der Waals surface area contributed by atoms with Crippen LogP contribution in [0.3, 0.4) is 0 Å². The highest BCUT2D eigenvalue weighted by Gasteiger charge is 2.43. The molecule has 1 fully saturated rings. The van der Waals surface area contributed by atoms with Gasteiger partial charge in [-0.05, 0) is 55.0 Å². The Bertz CT molecular complexity index is 656. The van der Waals surface area contributed by atoms with E-state index in [9.17, 15) is 9.90 Å². The molecule has 0 spiro atoms. The number of benzene rings is 1. The van der Waals surface area contributed by atoms with Gasteiger partial charge in [-0.3, -0.25) is 4.79 Å². The third-order valence-corrected chi connectivity index (χ3v) is 4.90. The fourth-order valence-corrected chi connectivity index (χ4v) is 3.90. The van der Waals surface area contributed by atoms with E-state index in [1.165, 1.54) is 5.56 Å². The van der Waals surface area contributed by atoms with Crippen molar-refractivity contribution >= 4 is 5.78 Å². The summed E-state index contributed by atoms with van der Waals surface area (Å²) in [6.07, 6.45) is 5.13. The third-order valence-electron chi connectivity index (χ3n) is 4.90. The summed E-state index contributed by atoms with van der Waals surface area (Å²) >= 11 is 0. The van der Waals surface area contributed by atoms with Crippen LogP contribution in [0.5, 0.6) is 5.75 Å². The number of aromatic hydroxyl groups is 1. The molecule has 4 rings (SSSR count). The molecular formula is C17H17NO2. The van der Waals surface area contributed by atoms with Crippen molar-refractivity contribution in [3.63, 3.8) is 0 Å². The van der Waals surface area contributed by atoms with Gasteiger partial charge in [0.25, 0.3) is 0 Å². The van der Waals surface area contributed by atoms with Gasteiger partial charge in [-0.2, -0.15) is 0 Å². The minimum Gasteiger partial charge on any atom is -0.508 e. The van der Waals surface area contributed by atoms with E-state index in [2.05, 4.69) is 4.57 Å². The Labute approximate surface area is 117 Å². The van der Waals surface area contributed by atoms with Crippen LogP contribution in [0, 0.1) is 5.92 Å². The van der Waals surface area contributed by atoms with Gasteiger partial charge in [-0.1, -0.05) is 12.1 Å². The predicted molar refractivity (Wildman–Crippen MR) is 76.0 cm³/mol. The molecule has 1 aromatic heterocycles. The number of carbonyl (C=O) groups excluding carboxylic acids is 1. The quantitative estimate of drug-likeness (QED) is 0.859. The lowest BCUT2D eigenvalue weighted by atomic mass is 9.75. The maximum absolute atomic E-state index is 12.5. The van der Waals surface area contributed by atoms with Crippen molar-refractivity contribution in [3.05, 3.63) is 53.9 Å². The van der Waals surface area contributed by atoms with Gasteiger partial charge in [0.15, 0.2) is 5.78 Å². The molecule has 1 aliphatic heterocycles. The van der Waals surface area contributed by atoms with Gasteiger partial charge in [0.1, 0.15) is 5.75 Å². The number of Topliss-reactive ketones (excluding diaryl/α,β-unsaturated/α-hetero) is 1. The van der Waals surface area contributed by atoms with E-state index in [4.69, 9.17) is 0 Å². The summed E-state index contributed by atoms with van der Waals surface area (Å²) < 4.78 is 2.17. The minimum atomic E-state index is 0.138. The number of phenolic OH excluding ortho intramolecular Hbond substituents is 1. The smallest absolute Gasteiger partial charge is 0.184 e. The minimum absolute atomic E-state index is 0.138. The van der Waals surface area contributed by atoms with Crippen LogP contribution in [0.25, 0.3) is 0 Å². The van der Waals surface area contributed by atoms with E-state index in [0.29, 0.717) is 23.5 Å². The van der Waals surface area contributed by atoms with E-state index in [-0.39, 0.29) is 5.92 Å². The van der Waals surface area contributed by atoms with Crippen LogP contribution < -0.4 is 0 Å². The molecule has 3 atom stereocenters. The normalized spacial score (nSPS) is 28.2. The van der Waals surface area contributed by atoms with Crippen molar-refractivity contribution in [2.24, 2.45) is 5.92 Å². The number of fused-ring (bicyclic) bond motifs is 3. The van der Waals surface area contributed by atoms with Crippen LogP contribution in [-0.4, -0.2) is 15.5 Å². The van der Waals surface area contributed by atoms with Gasteiger partial charge >= 0.3 is 0 Å². The molecule has 102 valence electrons. The Hall–Kier alpha value is -2.03. The van der Waals surface area contributed by atoms with Gasteiger partial charge in [0, 0.05) is 18.2 Å². The molecular weight excluding hydrogens is 250 g/mol. The molecule has 2 aromatic rings. The Balaban J connectivity index is 1.61. The lowest BCUT2D eigenvalue weighted by Gasteiger charge is -2.31. The van der Waals surface area contributed by atoms with Crippen LogP contribution in [-0.2, 0) is 0 Å². The largest absolute Gasteiger partial charge is 0.508 e. The van der Waals surface area contributed by atoms with E-state index in [1.807, 2.05) is 30.5 Å². The molecule has 2 aliphatic rings. The standard InChI is InChI=1S/C17H17NO2/c19-13-6-3-11(4-7-13)12-5-8-15-14(10-12)17(20)16-2-1-9-18(15)16/h1-4,6-7,9,12,14-15,19H,5,8,10H2. The molecule has 1 saturated carbocycles. The highest BCUT2D eigenvalue weighted by Crippen LogP contribution is 2.47. The first-order valence-corrected chi connectivity index (χ1v) is 7.24. The van der Waals surface area contributed by atoms with Crippen molar-refractivity contribution in [2.75, 3.05) is 0 Å². The fraction of sp³-hybridized carbons (Fsp3) is 0.353. The Kier molecular flexibility index (Phi) is 2.49. The molecule has 1 N–H and O–H groups in total. The van der Waals surface area contributed by atoms with Crippen molar-refractivity contribution in [3.8, 4) is 5.75 Å². The van der Waals surface area contributed by atoms with Crippen LogP contribution in [0.2, 0.25) is 0 Å². The average molecular weight is 267 g/mol. The second kappa shape index (κ2) is 4.23. The zero-order chi connectivity index (χ0) is 13.7. The van der Waals surface area contributed by atoms with Crippen LogP contribution in [0.1, 0.15) is 47.3 Å².